The van der Waals surface area contributed by atoms with Crippen LogP contribution in [0.15, 0.2) is 0 Å². The minimum absolute atomic E-state index is 0.342. The SMILES string of the molecule is CC(C)[Si](C)(C)[C]12[C@@H]3[C]4(C)[Mo]1[C]342. The average molecular weight is 261 g/mol. The van der Waals surface area contributed by atoms with Crippen molar-refractivity contribution in [2.75, 3.05) is 0 Å². The van der Waals surface area contributed by atoms with Crippen LogP contribution in [0.5, 0.6) is 0 Å². The molecule has 2 heteroatoms. The van der Waals surface area contributed by atoms with Gasteiger partial charge >= 0.3 is 81.7 Å². The predicted molar refractivity (Wildman–Crippen MR) is 49.8 cm³/mol. The maximum absolute atomic E-state index is 2.69. The van der Waals surface area contributed by atoms with Gasteiger partial charge in [0.15, 0.2) is 0 Å². The molecule has 2 aliphatic carbocycles. The Morgan fingerprint density at radius 3 is 2.00 bits per heavy atom. The molecule has 0 aromatic heterocycles. The van der Waals surface area contributed by atoms with E-state index in [2.05, 4.69) is 33.9 Å². The first-order chi connectivity index (χ1) is 5.43. The predicted octanol–water partition coefficient (Wildman–Crippen LogP) is 3.43. The molecule has 2 saturated heterocycles. The van der Waals surface area contributed by atoms with Crippen LogP contribution in [0.2, 0.25) is 29.7 Å². The zero-order chi connectivity index (χ0) is 8.73. The van der Waals surface area contributed by atoms with Gasteiger partial charge in [0.1, 0.15) is 0 Å². The van der Waals surface area contributed by atoms with Crippen molar-refractivity contribution in [2.24, 2.45) is 5.92 Å². The number of hydrogen-bond donors (Lipinski definition) is 0. The van der Waals surface area contributed by atoms with Gasteiger partial charge in [-0.25, -0.2) is 0 Å². The van der Waals surface area contributed by atoms with E-state index in [0.29, 0.717) is 0 Å². The van der Waals surface area contributed by atoms with Crippen molar-refractivity contribution in [3.63, 3.8) is 0 Å². The molecule has 1 spiro atoms. The van der Waals surface area contributed by atoms with Gasteiger partial charge in [-0.1, -0.05) is 0 Å². The van der Waals surface area contributed by atoms with Crippen LogP contribution in [-0.2, 0) is 17.3 Å². The molecule has 4 aliphatic rings. The van der Waals surface area contributed by atoms with Crippen molar-refractivity contribution in [3.05, 3.63) is 0 Å². The van der Waals surface area contributed by atoms with Crippen molar-refractivity contribution in [2.45, 2.75) is 50.4 Å². The van der Waals surface area contributed by atoms with Crippen molar-refractivity contribution in [1.82, 2.24) is 0 Å². The first-order valence-electron chi connectivity index (χ1n) is 5.17. The second kappa shape index (κ2) is 1.23. The van der Waals surface area contributed by atoms with E-state index in [1.165, 1.54) is 13.2 Å². The Morgan fingerprint density at radius 2 is 1.75 bits per heavy atom. The van der Waals surface area contributed by atoms with Crippen molar-refractivity contribution in [3.8, 4) is 0 Å². The van der Waals surface area contributed by atoms with E-state index in [4.69, 9.17) is 0 Å². The summed E-state index contributed by atoms with van der Waals surface area (Å²) < 4.78 is 3.52. The molecule has 4 rings (SSSR count). The standard InChI is InChI=1S/C10H17Si.Mo/c1-6(2)11(4,5)10-8-7(3)9(8)10;/h6,8H,1-5H3;/t8-;/m1./s1. The van der Waals surface area contributed by atoms with Gasteiger partial charge < -0.3 is 0 Å². The van der Waals surface area contributed by atoms with Gasteiger partial charge in [-0.15, -0.1) is 0 Å². The van der Waals surface area contributed by atoms with Crippen LogP contribution in [-0.4, -0.2) is 8.07 Å². The molecule has 2 saturated carbocycles. The molecular weight excluding hydrogens is 244 g/mol. The normalized spacial score (nSPS) is 69.0. The topological polar surface area (TPSA) is 0 Å². The maximum atomic E-state index is 2.69. The van der Waals surface area contributed by atoms with E-state index < -0.39 is 8.07 Å². The number of rotatable bonds is 2. The third-order valence-electron chi connectivity index (χ3n) is 5.87. The minimum atomic E-state index is -0.762. The van der Waals surface area contributed by atoms with Crippen LogP contribution >= 0.6 is 0 Å². The monoisotopic (exact) mass is 263 g/mol. The molecule has 0 aromatic rings. The van der Waals surface area contributed by atoms with Gasteiger partial charge in [-0.05, 0) is 0 Å². The summed E-state index contributed by atoms with van der Waals surface area (Å²) in [6, 6.07) is 0. The summed E-state index contributed by atoms with van der Waals surface area (Å²) in [6.45, 7) is 13.0. The molecule has 4 fully saturated rings. The fraction of sp³-hybridized carbons (Fsp3) is 1.00. The summed E-state index contributed by atoms with van der Waals surface area (Å²) in [5.74, 6) is 1.33. The van der Waals surface area contributed by atoms with E-state index in [9.17, 15) is 0 Å². The molecule has 67 valence electrons. The van der Waals surface area contributed by atoms with Gasteiger partial charge in [-0.2, -0.15) is 0 Å². The molecule has 2 heterocycles. The van der Waals surface area contributed by atoms with Crippen LogP contribution < -0.4 is 0 Å². The van der Waals surface area contributed by atoms with Crippen molar-refractivity contribution < 1.29 is 17.3 Å². The summed E-state index contributed by atoms with van der Waals surface area (Å²) in [4.78, 5) is 0. The van der Waals surface area contributed by atoms with Crippen LogP contribution in [0, 0.1) is 5.92 Å². The van der Waals surface area contributed by atoms with Crippen molar-refractivity contribution in [1.29, 1.82) is 0 Å². The molecule has 4 atom stereocenters. The summed E-state index contributed by atoms with van der Waals surface area (Å²) in [5, 5.41) is 0. The molecule has 0 aromatic carbocycles. The van der Waals surface area contributed by atoms with Crippen LogP contribution in [0.25, 0.3) is 0 Å². The van der Waals surface area contributed by atoms with E-state index in [1.54, 1.807) is 0 Å². The molecule has 0 bridgehead atoms. The zero-order valence-electron chi connectivity index (χ0n) is 8.56. The zero-order valence-corrected chi connectivity index (χ0v) is 11.6. The first-order valence-corrected chi connectivity index (χ1v) is 11.3. The van der Waals surface area contributed by atoms with E-state index in [0.717, 1.165) is 9.35 Å². The summed E-state index contributed by atoms with van der Waals surface area (Å²) in [7, 11) is -0.762. The first kappa shape index (κ1) is 7.23. The van der Waals surface area contributed by atoms with Gasteiger partial charge in [0.05, 0.1) is 0 Å². The Morgan fingerprint density at radius 1 is 1.33 bits per heavy atom. The molecule has 0 nitrogen and oxygen atoms in total. The summed E-state index contributed by atoms with van der Waals surface area (Å²) in [5.41, 5.74) is 1.05. The van der Waals surface area contributed by atoms with Gasteiger partial charge in [0, 0.05) is 0 Å². The second-order valence-corrected chi connectivity index (χ2v) is 19.3. The Hall–Kier alpha value is 0.905. The Balaban J connectivity index is 1.72. The summed E-state index contributed by atoms with van der Waals surface area (Å²) in [6.07, 6.45) is 0. The van der Waals surface area contributed by atoms with Crippen LogP contribution in [0.1, 0.15) is 20.8 Å². The van der Waals surface area contributed by atoms with E-state index >= 15 is 0 Å². The van der Waals surface area contributed by atoms with E-state index in [1.807, 2.05) is 0 Å². The molecule has 0 N–H and O–H groups in total. The molecule has 12 heavy (non-hydrogen) atoms. The number of fused-ring (bicyclic) bond motifs is 4. The molecular formula is C10H17MoSi. The fourth-order valence-electron chi connectivity index (χ4n) is 4.50. The number of hydrogen-bond acceptors (Lipinski definition) is 0. The Labute approximate surface area is 81.7 Å². The van der Waals surface area contributed by atoms with Gasteiger partial charge in [-0.3, -0.25) is 0 Å². The van der Waals surface area contributed by atoms with Crippen LogP contribution in [0.3, 0.4) is 0 Å². The van der Waals surface area contributed by atoms with Crippen LogP contribution in [0.4, 0.5) is 0 Å². The molecule has 0 radical (unpaired) electrons. The fourth-order valence-corrected chi connectivity index (χ4v) is 30.6. The molecule has 3 unspecified atom stereocenters. The Bertz CT molecular complexity index is 319. The van der Waals surface area contributed by atoms with Gasteiger partial charge in [0.25, 0.3) is 0 Å². The third kappa shape index (κ3) is 0.279. The second-order valence-electron chi connectivity index (χ2n) is 6.19. The van der Waals surface area contributed by atoms with E-state index in [-0.39, 0.29) is 17.3 Å². The molecule has 0 amide bonds. The Kier molecular flexibility index (Phi) is 0.742. The third-order valence-corrected chi connectivity index (χ3v) is 26.3. The molecule has 2 aliphatic heterocycles. The van der Waals surface area contributed by atoms with Gasteiger partial charge in [0.2, 0.25) is 0 Å². The average Bonchev–Trinajstić information content (AvgIpc) is 2.72. The van der Waals surface area contributed by atoms with Crippen molar-refractivity contribution >= 4 is 8.07 Å². The summed E-state index contributed by atoms with van der Waals surface area (Å²) >= 11 is -0.342. The quantitative estimate of drug-likeness (QED) is 0.668.